The van der Waals surface area contributed by atoms with E-state index >= 15 is 0 Å². The monoisotopic (exact) mass is 479 g/mol. The lowest BCUT2D eigenvalue weighted by Gasteiger charge is -2.08. The average molecular weight is 480 g/mol. The van der Waals surface area contributed by atoms with E-state index in [0.29, 0.717) is 27.1 Å². The number of benzene rings is 3. The number of carbonyl (C=O) groups excluding carboxylic acids is 2. The van der Waals surface area contributed by atoms with Crippen molar-refractivity contribution in [3.63, 3.8) is 0 Å². The topological polar surface area (TPSA) is 74.1 Å². The number of ketones is 1. The molecule has 0 saturated carbocycles. The number of hydrogen-bond acceptors (Lipinski definition) is 5. The maximum Gasteiger partial charge on any atom is 0.378 e. The Kier molecular flexibility index (Phi) is 6.58. The third-order valence-electron chi connectivity index (χ3n) is 4.97. The van der Waals surface area contributed by atoms with Crippen molar-refractivity contribution in [1.82, 2.24) is 14.8 Å². The van der Waals surface area contributed by atoms with Crippen LogP contribution >= 0.6 is 23.2 Å². The fourth-order valence-corrected chi connectivity index (χ4v) is 3.48. The highest BCUT2D eigenvalue weighted by Gasteiger charge is 2.21. The molecule has 0 aliphatic rings. The fourth-order valence-electron chi connectivity index (χ4n) is 3.18. The quantitative estimate of drug-likeness (QED) is 0.254. The van der Waals surface area contributed by atoms with E-state index < -0.39 is 12.6 Å². The summed E-state index contributed by atoms with van der Waals surface area (Å²) < 4.78 is 6.73. The zero-order valence-electron chi connectivity index (χ0n) is 17.9. The molecule has 4 aromatic rings. The van der Waals surface area contributed by atoms with Crippen molar-refractivity contribution in [3.8, 4) is 17.1 Å². The third-order valence-corrected chi connectivity index (χ3v) is 5.63. The van der Waals surface area contributed by atoms with E-state index in [1.165, 1.54) is 4.68 Å². The lowest BCUT2D eigenvalue weighted by Crippen LogP contribution is -2.15. The van der Waals surface area contributed by atoms with Crippen LogP contribution < -0.4 is 0 Å². The van der Waals surface area contributed by atoms with Crippen molar-refractivity contribution in [2.75, 3.05) is 6.61 Å². The van der Waals surface area contributed by atoms with Crippen LogP contribution in [0.15, 0.2) is 66.7 Å². The minimum atomic E-state index is -0.803. The van der Waals surface area contributed by atoms with Gasteiger partial charge in [-0.1, -0.05) is 53.0 Å². The molecule has 1 heterocycles. The van der Waals surface area contributed by atoms with Gasteiger partial charge < -0.3 is 4.74 Å². The number of halogens is 2. The minimum absolute atomic E-state index is 0.160. The lowest BCUT2D eigenvalue weighted by atomic mass is 10.1. The molecular formula is C25H19Cl2N3O3. The molecule has 0 N–H and O–H groups in total. The van der Waals surface area contributed by atoms with Crippen molar-refractivity contribution in [2.45, 2.75) is 13.8 Å². The average Bonchev–Trinajstić information content (AvgIpc) is 3.25. The van der Waals surface area contributed by atoms with Gasteiger partial charge >= 0.3 is 5.97 Å². The molecule has 0 bridgehead atoms. The van der Waals surface area contributed by atoms with E-state index in [1.807, 2.05) is 50.2 Å². The first-order chi connectivity index (χ1) is 15.8. The van der Waals surface area contributed by atoms with Crippen molar-refractivity contribution in [1.29, 1.82) is 0 Å². The number of aryl methyl sites for hydroxylation is 2. The standard InChI is InChI=1S/C25H19Cl2N3O3/c1-15-4-3-5-18(12-15)24-28-23(29-30(24)20-11-6-16(2)21(27)13-20)25(32)33-14-22(31)17-7-9-19(26)10-8-17/h3-13H,14H2,1-2H3. The zero-order valence-corrected chi connectivity index (χ0v) is 19.4. The summed E-state index contributed by atoms with van der Waals surface area (Å²) in [6.45, 7) is 3.42. The molecule has 0 unspecified atom stereocenters. The number of rotatable bonds is 6. The largest absolute Gasteiger partial charge is 0.451 e. The number of ether oxygens (including phenoxy) is 1. The third kappa shape index (κ3) is 5.13. The van der Waals surface area contributed by atoms with Crippen molar-refractivity contribution in [2.24, 2.45) is 0 Å². The lowest BCUT2D eigenvalue weighted by molar-refractivity contribution is 0.0462. The Morgan fingerprint density at radius 2 is 1.73 bits per heavy atom. The van der Waals surface area contributed by atoms with Gasteiger partial charge in [-0.05, 0) is 61.9 Å². The molecule has 0 saturated heterocycles. The predicted molar refractivity (Wildman–Crippen MR) is 127 cm³/mol. The maximum absolute atomic E-state index is 12.7. The van der Waals surface area contributed by atoms with Crippen LogP contribution in [-0.2, 0) is 4.74 Å². The highest BCUT2D eigenvalue weighted by atomic mass is 35.5. The second-order valence-electron chi connectivity index (χ2n) is 7.48. The van der Waals surface area contributed by atoms with Crippen LogP contribution in [0.25, 0.3) is 17.1 Å². The Hall–Kier alpha value is -3.48. The summed E-state index contributed by atoms with van der Waals surface area (Å²) in [4.78, 5) is 29.4. The molecule has 0 aliphatic carbocycles. The van der Waals surface area contributed by atoms with Gasteiger partial charge in [-0.25, -0.2) is 14.5 Å². The molecule has 0 fully saturated rings. The zero-order chi connectivity index (χ0) is 23.5. The minimum Gasteiger partial charge on any atom is -0.451 e. The van der Waals surface area contributed by atoms with Gasteiger partial charge in [-0.3, -0.25) is 4.79 Å². The molecule has 1 aromatic heterocycles. The number of nitrogens with zero attached hydrogens (tertiary/aromatic N) is 3. The van der Waals surface area contributed by atoms with Gasteiger partial charge in [0.15, 0.2) is 18.2 Å². The Balaban J connectivity index is 1.64. The van der Waals surface area contributed by atoms with E-state index in [1.54, 1.807) is 30.3 Å². The second kappa shape index (κ2) is 9.57. The molecular weight excluding hydrogens is 461 g/mol. The SMILES string of the molecule is Cc1cccc(-c2nc(C(=O)OCC(=O)c3ccc(Cl)cc3)nn2-c2ccc(C)c(Cl)c2)c1. The Morgan fingerprint density at radius 1 is 0.970 bits per heavy atom. The van der Waals surface area contributed by atoms with Crippen LogP contribution in [0.1, 0.15) is 32.1 Å². The summed E-state index contributed by atoms with van der Waals surface area (Å²) in [6.07, 6.45) is 0. The molecule has 0 radical (unpaired) electrons. The molecule has 166 valence electrons. The normalized spacial score (nSPS) is 10.8. The van der Waals surface area contributed by atoms with Gasteiger partial charge in [0.2, 0.25) is 0 Å². The first-order valence-corrected chi connectivity index (χ1v) is 10.8. The van der Waals surface area contributed by atoms with Crippen LogP contribution in [-0.4, -0.2) is 33.1 Å². The van der Waals surface area contributed by atoms with E-state index in [4.69, 9.17) is 27.9 Å². The van der Waals surface area contributed by atoms with Crippen LogP contribution in [0.4, 0.5) is 0 Å². The van der Waals surface area contributed by atoms with Gasteiger partial charge in [0.25, 0.3) is 5.82 Å². The molecule has 0 spiro atoms. The molecule has 8 heteroatoms. The summed E-state index contributed by atoms with van der Waals surface area (Å²) in [5.41, 5.74) is 3.75. The number of hydrogen-bond donors (Lipinski definition) is 0. The molecule has 0 amide bonds. The molecule has 0 aliphatic heterocycles. The highest BCUT2D eigenvalue weighted by Crippen LogP contribution is 2.25. The smallest absolute Gasteiger partial charge is 0.378 e. The summed E-state index contributed by atoms with van der Waals surface area (Å²) in [5.74, 6) is -0.867. The van der Waals surface area contributed by atoms with Crippen LogP contribution in [0.3, 0.4) is 0 Å². The molecule has 3 aromatic carbocycles. The van der Waals surface area contributed by atoms with Gasteiger partial charge in [0.1, 0.15) is 0 Å². The molecule has 6 nitrogen and oxygen atoms in total. The fraction of sp³-hybridized carbons (Fsp3) is 0.120. The van der Waals surface area contributed by atoms with Crippen LogP contribution in [0, 0.1) is 13.8 Å². The van der Waals surface area contributed by atoms with Crippen LogP contribution in [0.5, 0.6) is 0 Å². The Morgan fingerprint density at radius 3 is 2.42 bits per heavy atom. The summed E-state index contributed by atoms with van der Waals surface area (Å²) in [5, 5.41) is 5.44. The van der Waals surface area contributed by atoms with Crippen LogP contribution in [0.2, 0.25) is 10.0 Å². The van der Waals surface area contributed by atoms with E-state index in [9.17, 15) is 9.59 Å². The first-order valence-electron chi connectivity index (χ1n) is 10.1. The van der Waals surface area contributed by atoms with Crippen molar-refractivity contribution < 1.29 is 14.3 Å². The summed E-state index contributed by atoms with van der Waals surface area (Å²) in [6, 6.07) is 19.5. The van der Waals surface area contributed by atoms with Crippen molar-refractivity contribution >= 4 is 35.0 Å². The number of carbonyl (C=O) groups is 2. The molecule has 33 heavy (non-hydrogen) atoms. The van der Waals surface area contributed by atoms with Gasteiger partial charge in [-0.15, -0.1) is 5.10 Å². The molecule has 4 rings (SSSR count). The maximum atomic E-state index is 12.7. The van der Waals surface area contributed by atoms with Gasteiger partial charge in [0, 0.05) is 21.2 Å². The first kappa shape index (κ1) is 22.7. The second-order valence-corrected chi connectivity index (χ2v) is 8.32. The number of aromatic nitrogens is 3. The Labute approximate surface area is 200 Å². The van der Waals surface area contributed by atoms with Gasteiger partial charge in [-0.2, -0.15) is 0 Å². The summed E-state index contributed by atoms with van der Waals surface area (Å²) in [7, 11) is 0. The van der Waals surface area contributed by atoms with E-state index in [0.717, 1.165) is 16.7 Å². The van der Waals surface area contributed by atoms with E-state index in [2.05, 4.69) is 10.1 Å². The predicted octanol–water partition coefficient (Wildman–Crippen LogP) is 5.90. The number of Topliss-reactive ketones (excluding diaryl/α,β-unsaturated/α-hetero) is 1. The summed E-state index contributed by atoms with van der Waals surface area (Å²) >= 11 is 12.2. The van der Waals surface area contributed by atoms with Crippen molar-refractivity contribution in [3.05, 3.63) is 99.3 Å². The highest BCUT2D eigenvalue weighted by molar-refractivity contribution is 6.31. The van der Waals surface area contributed by atoms with E-state index in [-0.39, 0.29) is 11.6 Å². The van der Waals surface area contributed by atoms with Gasteiger partial charge in [0.05, 0.1) is 5.69 Å². The Bertz CT molecular complexity index is 1350. The number of esters is 1. The molecule has 0 atom stereocenters.